The van der Waals surface area contributed by atoms with Gasteiger partial charge in [0.25, 0.3) is 0 Å². The standard InChI is InChI=1S/2C3H6O4.6H2O.4Sc/c2*4-2(5)1-3(6)7;;;;;;;;;;/h2*2,4-5H,1H2,(H,6,7);6*1H2;;;;. The Hall–Kier alpha value is 2.02. The maximum absolute atomic E-state index is 9.49. The molecule has 0 saturated carbocycles. The number of rotatable bonds is 4. The van der Waals surface area contributed by atoms with Crippen molar-refractivity contribution >= 4 is 11.9 Å². The van der Waals surface area contributed by atoms with Crippen molar-refractivity contribution in [3.8, 4) is 0 Å². The first kappa shape index (κ1) is 82.9. The van der Waals surface area contributed by atoms with E-state index in [1.54, 1.807) is 0 Å². The molecule has 0 atom stereocenters. The largest absolute Gasteiger partial charge is 0.481 e. The topological polar surface area (TPSA) is 345 Å². The Morgan fingerprint density at radius 3 is 0.667 bits per heavy atom. The summed E-state index contributed by atoms with van der Waals surface area (Å²) in [5.74, 6) is -2.43. The van der Waals surface area contributed by atoms with Crippen LogP contribution in [0.15, 0.2) is 0 Å². The molecule has 0 saturated heterocycles. The Bertz CT molecular complexity index is 174. The van der Waals surface area contributed by atoms with Gasteiger partial charge in [-0.15, -0.1) is 0 Å². The molecule has 4 radical (unpaired) electrons. The second kappa shape index (κ2) is 56.2. The van der Waals surface area contributed by atoms with Crippen LogP contribution in [0.2, 0.25) is 0 Å². The zero-order valence-electron chi connectivity index (χ0n) is 12.4. The molecule has 0 spiro atoms. The van der Waals surface area contributed by atoms with Gasteiger partial charge in [0.1, 0.15) is 0 Å². The molecular weight excluding hydrogens is 476 g/mol. The molecule has 0 aliphatic carbocycles. The van der Waals surface area contributed by atoms with E-state index in [0.29, 0.717) is 0 Å². The van der Waals surface area contributed by atoms with Gasteiger partial charge < -0.3 is 63.5 Å². The van der Waals surface area contributed by atoms with Crippen LogP contribution < -0.4 is 0 Å². The molecule has 144 valence electrons. The second-order valence-corrected chi connectivity index (χ2v) is 2.16. The third kappa shape index (κ3) is 127. The Balaban J connectivity index is -0.00000000847. The van der Waals surface area contributed by atoms with Crippen LogP contribution in [0, 0.1) is 0 Å². The van der Waals surface area contributed by atoms with E-state index in [1.165, 1.54) is 0 Å². The molecule has 0 heterocycles. The fourth-order valence-corrected chi connectivity index (χ4v) is 0.312. The second-order valence-electron chi connectivity index (χ2n) is 2.16. The molecule has 18 heteroatoms. The number of carboxylic acid groups (broad SMARTS) is 2. The van der Waals surface area contributed by atoms with Crippen molar-refractivity contribution in [1.82, 2.24) is 0 Å². The molecule has 0 amide bonds. The molecule has 0 aromatic carbocycles. The summed E-state index contributed by atoms with van der Waals surface area (Å²) >= 11 is 0. The van der Waals surface area contributed by atoms with Gasteiger partial charge in [0.15, 0.2) is 12.6 Å². The third-order valence-corrected chi connectivity index (χ3v) is 0.714. The van der Waals surface area contributed by atoms with Gasteiger partial charge >= 0.3 is 11.9 Å². The molecule has 0 rings (SSSR count). The molecule has 24 heavy (non-hydrogen) atoms. The van der Waals surface area contributed by atoms with Crippen molar-refractivity contribution in [2.24, 2.45) is 0 Å². The zero-order chi connectivity index (χ0) is 11.7. The smallest absolute Gasteiger partial charge is 0.308 e. The summed E-state index contributed by atoms with van der Waals surface area (Å²) in [4.78, 5) is 19.0. The van der Waals surface area contributed by atoms with E-state index < -0.39 is 37.4 Å². The molecule has 0 aliphatic heterocycles. The SMILES string of the molecule is O.O.O.O.O.O.O=C(O)CC(O)O.O=C(O)CC(O)O.[Sc].[Sc].[Sc].[Sc]. The van der Waals surface area contributed by atoms with E-state index in [9.17, 15) is 9.59 Å². The molecule has 0 bridgehead atoms. The monoisotopic (exact) mass is 500 g/mol. The minimum Gasteiger partial charge on any atom is -0.481 e. The molecule has 0 aromatic heterocycles. The van der Waals surface area contributed by atoms with Crippen LogP contribution in [0.1, 0.15) is 12.8 Å². The summed E-state index contributed by atoms with van der Waals surface area (Å²) in [6, 6.07) is 0. The number of aliphatic hydroxyl groups is 4. The van der Waals surface area contributed by atoms with Crippen molar-refractivity contribution in [3.05, 3.63) is 0 Å². The van der Waals surface area contributed by atoms with E-state index >= 15 is 0 Å². The van der Waals surface area contributed by atoms with Crippen LogP contribution in [0.25, 0.3) is 0 Å². The van der Waals surface area contributed by atoms with Crippen LogP contribution in [0.4, 0.5) is 0 Å². The first-order valence-corrected chi connectivity index (χ1v) is 3.41. The normalized spacial score (nSPS) is 5.58. The van der Waals surface area contributed by atoms with E-state index in [1.807, 2.05) is 0 Å². The minimum atomic E-state index is -1.72. The number of carbonyl (C=O) groups is 2. The quantitative estimate of drug-likeness (QED) is 0.201. The predicted octanol–water partition coefficient (Wildman–Crippen LogP) is -7.41. The Labute approximate surface area is 211 Å². The zero-order valence-corrected chi connectivity index (χ0v) is 19.6. The number of aliphatic carboxylic acids is 2. The first-order valence-electron chi connectivity index (χ1n) is 3.41. The summed E-state index contributed by atoms with van der Waals surface area (Å²) in [6.45, 7) is 0. The van der Waals surface area contributed by atoms with Gasteiger partial charge in [-0.2, -0.15) is 0 Å². The van der Waals surface area contributed by atoms with Gasteiger partial charge in [-0.25, -0.2) is 0 Å². The van der Waals surface area contributed by atoms with Crippen LogP contribution >= 0.6 is 0 Å². The molecular formula is C6H24O14Sc4. The number of aliphatic hydroxyl groups excluding tert-OH is 2. The summed E-state index contributed by atoms with van der Waals surface area (Å²) in [5, 5.41) is 47.1. The Morgan fingerprint density at radius 2 is 0.667 bits per heavy atom. The van der Waals surface area contributed by atoms with Gasteiger partial charge in [0.2, 0.25) is 0 Å². The van der Waals surface area contributed by atoms with E-state index in [-0.39, 0.29) is 136 Å². The summed E-state index contributed by atoms with van der Waals surface area (Å²) in [5.41, 5.74) is 0. The van der Waals surface area contributed by atoms with Crippen LogP contribution in [0.3, 0.4) is 0 Å². The summed E-state index contributed by atoms with van der Waals surface area (Å²) < 4.78 is 0. The van der Waals surface area contributed by atoms with Gasteiger partial charge in [0.05, 0.1) is 12.8 Å². The summed E-state index contributed by atoms with van der Waals surface area (Å²) in [6.07, 6.45) is -4.67. The summed E-state index contributed by atoms with van der Waals surface area (Å²) in [7, 11) is 0. The molecule has 0 aromatic rings. The average Bonchev–Trinajstić information content (AvgIpc) is 1.79. The number of hydrogen-bond donors (Lipinski definition) is 6. The maximum atomic E-state index is 9.49. The molecule has 14 nitrogen and oxygen atoms in total. The molecule has 0 fully saturated rings. The van der Waals surface area contributed by atoms with Crippen molar-refractivity contribution in [3.63, 3.8) is 0 Å². The van der Waals surface area contributed by atoms with Crippen molar-refractivity contribution in [1.29, 1.82) is 0 Å². The molecule has 0 unspecified atom stereocenters. The predicted molar refractivity (Wildman–Crippen MR) is 62.6 cm³/mol. The van der Waals surface area contributed by atoms with Gasteiger partial charge in [-0.1, -0.05) is 0 Å². The first-order chi connectivity index (χ1) is 6.25. The van der Waals surface area contributed by atoms with Crippen LogP contribution in [0.5, 0.6) is 0 Å². The molecule has 0 aliphatic rings. The number of carboxylic acids is 2. The van der Waals surface area contributed by atoms with Gasteiger partial charge in [0, 0.05) is 103 Å². The van der Waals surface area contributed by atoms with Gasteiger partial charge in [-0.05, 0) is 0 Å². The van der Waals surface area contributed by atoms with Crippen molar-refractivity contribution in [2.45, 2.75) is 25.4 Å². The average molecular weight is 500 g/mol. The minimum absolute atomic E-state index is 0. The third-order valence-electron chi connectivity index (χ3n) is 0.714. The van der Waals surface area contributed by atoms with Crippen LogP contribution in [-0.2, 0) is 113 Å². The van der Waals surface area contributed by atoms with E-state index in [4.69, 9.17) is 30.6 Å². The van der Waals surface area contributed by atoms with Crippen LogP contribution in [-0.4, -0.2) is 88.0 Å². The van der Waals surface area contributed by atoms with Crippen molar-refractivity contribution in [2.75, 3.05) is 0 Å². The number of hydrogen-bond acceptors (Lipinski definition) is 6. The fourth-order valence-electron chi connectivity index (χ4n) is 0.312. The fraction of sp³-hybridized carbons (Fsp3) is 0.667. The van der Waals surface area contributed by atoms with E-state index in [0.717, 1.165) is 0 Å². The van der Waals surface area contributed by atoms with E-state index in [2.05, 4.69) is 0 Å². The van der Waals surface area contributed by atoms with Gasteiger partial charge in [-0.3, -0.25) is 9.59 Å². The Kier molecular flexibility index (Phi) is 194. The molecule has 18 N–H and O–H groups in total. The van der Waals surface area contributed by atoms with Crippen molar-refractivity contribution < 1.29 is 176 Å². The Morgan fingerprint density at radius 1 is 0.542 bits per heavy atom. The maximum Gasteiger partial charge on any atom is 0.308 e.